The number of nitrogens with one attached hydrogen (secondary N) is 1. The highest BCUT2D eigenvalue weighted by molar-refractivity contribution is 5.37. The molecule has 2 N–H and O–H groups in total. The van der Waals surface area contributed by atoms with E-state index in [2.05, 4.69) is 10.2 Å². The van der Waals surface area contributed by atoms with E-state index in [1.807, 2.05) is 6.07 Å². The number of benzene rings is 1. The van der Waals surface area contributed by atoms with E-state index in [0.717, 1.165) is 32.7 Å². The Bertz CT molecular complexity index is 389. The van der Waals surface area contributed by atoms with Crippen molar-refractivity contribution in [2.24, 2.45) is 0 Å². The van der Waals surface area contributed by atoms with Crippen LogP contribution in [-0.4, -0.2) is 42.7 Å². The number of hydrogen-bond acceptors (Lipinski definition) is 3. The van der Waals surface area contributed by atoms with Crippen LogP contribution < -0.4 is 5.32 Å². The van der Waals surface area contributed by atoms with E-state index in [9.17, 15) is 9.50 Å². The second kappa shape index (κ2) is 5.47. The first kappa shape index (κ1) is 12.3. The summed E-state index contributed by atoms with van der Waals surface area (Å²) in [4.78, 5) is 2.33. The first-order valence-corrected chi connectivity index (χ1v) is 6.08. The minimum atomic E-state index is -0.484. The van der Waals surface area contributed by atoms with Gasteiger partial charge in [0.2, 0.25) is 0 Å². The van der Waals surface area contributed by atoms with Crippen LogP contribution in [0.2, 0.25) is 0 Å². The van der Waals surface area contributed by atoms with Crippen LogP contribution in [0.3, 0.4) is 0 Å². The van der Waals surface area contributed by atoms with E-state index in [4.69, 9.17) is 0 Å². The number of nitrogens with zero attached hydrogens (tertiary/aromatic N) is 1. The van der Waals surface area contributed by atoms with Crippen molar-refractivity contribution in [1.29, 1.82) is 0 Å². The molecule has 1 aliphatic rings. The summed E-state index contributed by atoms with van der Waals surface area (Å²) < 4.78 is 13.5. The fourth-order valence-electron chi connectivity index (χ4n) is 2.12. The molecule has 0 saturated carbocycles. The van der Waals surface area contributed by atoms with E-state index >= 15 is 0 Å². The van der Waals surface area contributed by atoms with Gasteiger partial charge in [0, 0.05) is 32.7 Å². The van der Waals surface area contributed by atoms with Gasteiger partial charge in [0.1, 0.15) is 0 Å². The molecule has 1 saturated heterocycles. The lowest BCUT2D eigenvalue weighted by Crippen LogP contribution is -2.44. The normalized spacial score (nSPS) is 17.3. The molecule has 0 radical (unpaired) electrons. The van der Waals surface area contributed by atoms with Crippen LogP contribution >= 0.6 is 0 Å². The molecule has 2 rings (SSSR count). The average Bonchev–Trinajstić information content (AvgIpc) is 2.36. The number of halogens is 1. The Balaban J connectivity index is 1.96. The first-order chi connectivity index (χ1) is 8.18. The minimum Gasteiger partial charge on any atom is -0.505 e. The molecular formula is C13H19FN2O. The summed E-state index contributed by atoms with van der Waals surface area (Å²) in [5.41, 5.74) is 1.19. The molecule has 3 nitrogen and oxygen atoms in total. The van der Waals surface area contributed by atoms with Crippen molar-refractivity contribution in [3.63, 3.8) is 0 Å². The maximum Gasteiger partial charge on any atom is 0.167 e. The molecule has 0 aliphatic carbocycles. The van der Waals surface area contributed by atoms with Gasteiger partial charge in [-0.1, -0.05) is 12.1 Å². The predicted octanol–water partition coefficient (Wildman–Crippen LogP) is 1.29. The van der Waals surface area contributed by atoms with Gasteiger partial charge < -0.3 is 15.3 Å². The topological polar surface area (TPSA) is 35.5 Å². The van der Waals surface area contributed by atoms with Gasteiger partial charge in [0.05, 0.1) is 0 Å². The first-order valence-electron chi connectivity index (χ1n) is 6.08. The highest BCUT2D eigenvalue weighted by atomic mass is 19.1. The molecule has 0 spiro atoms. The van der Waals surface area contributed by atoms with E-state index < -0.39 is 5.82 Å². The molecular weight excluding hydrogens is 219 g/mol. The zero-order chi connectivity index (χ0) is 12.3. The Labute approximate surface area is 101 Å². The lowest BCUT2D eigenvalue weighted by molar-refractivity contribution is 0.243. The molecule has 1 fully saturated rings. The fourth-order valence-corrected chi connectivity index (χ4v) is 2.12. The van der Waals surface area contributed by atoms with E-state index in [1.54, 1.807) is 13.0 Å². The SMILES string of the molecule is Cc1ccc(CCN2CCNCC2)c(O)c1F. The molecule has 1 heterocycles. The molecule has 0 bridgehead atoms. The van der Waals surface area contributed by atoms with E-state index in [0.29, 0.717) is 17.5 Å². The molecule has 0 unspecified atom stereocenters. The van der Waals surface area contributed by atoms with Gasteiger partial charge in [-0.3, -0.25) is 0 Å². The third-order valence-electron chi connectivity index (χ3n) is 3.30. The molecule has 0 aromatic heterocycles. The molecule has 1 aliphatic heterocycles. The van der Waals surface area contributed by atoms with Gasteiger partial charge in [-0.15, -0.1) is 0 Å². The summed E-state index contributed by atoms with van der Waals surface area (Å²) in [5.74, 6) is -0.664. The average molecular weight is 238 g/mol. The summed E-state index contributed by atoms with van der Waals surface area (Å²) in [6, 6.07) is 3.54. The van der Waals surface area contributed by atoms with Crippen LogP contribution in [0.1, 0.15) is 11.1 Å². The number of rotatable bonds is 3. The lowest BCUT2D eigenvalue weighted by atomic mass is 10.1. The van der Waals surface area contributed by atoms with Crippen molar-refractivity contribution in [2.75, 3.05) is 32.7 Å². The second-order valence-corrected chi connectivity index (χ2v) is 4.55. The summed E-state index contributed by atoms with van der Waals surface area (Å²) >= 11 is 0. The smallest absolute Gasteiger partial charge is 0.167 e. The number of aryl methyl sites for hydroxylation is 1. The zero-order valence-corrected chi connectivity index (χ0v) is 10.2. The lowest BCUT2D eigenvalue weighted by Gasteiger charge is -2.27. The van der Waals surface area contributed by atoms with Crippen molar-refractivity contribution < 1.29 is 9.50 Å². The number of phenols is 1. The largest absolute Gasteiger partial charge is 0.505 e. The Hall–Kier alpha value is -1.13. The van der Waals surface area contributed by atoms with Crippen molar-refractivity contribution in [2.45, 2.75) is 13.3 Å². The number of hydrogen-bond donors (Lipinski definition) is 2. The Morgan fingerprint density at radius 3 is 2.76 bits per heavy atom. The van der Waals surface area contributed by atoms with Gasteiger partial charge in [-0.05, 0) is 24.5 Å². The van der Waals surface area contributed by atoms with Crippen LogP contribution in [0.15, 0.2) is 12.1 Å². The maximum absolute atomic E-state index is 13.5. The maximum atomic E-state index is 13.5. The summed E-state index contributed by atoms with van der Waals surface area (Å²) in [6.45, 7) is 6.60. The third-order valence-corrected chi connectivity index (χ3v) is 3.30. The van der Waals surface area contributed by atoms with Crippen molar-refractivity contribution in [3.05, 3.63) is 29.1 Å². The summed E-state index contributed by atoms with van der Waals surface area (Å²) in [7, 11) is 0. The van der Waals surface area contributed by atoms with Gasteiger partial charge in [-0.2, -0.15) is 0 Å². The molecule has 17 heavy (non-hydrogen) atoms. The molecule has 0 atom stereocenters. The van der Waals surface area contributed by atoms with Gasteiger partial charge >= 0.3 is 0 Å². The van der Waals surface area contributed by atoms with Gasteiger partial charge in [-0.25, -0.2) is 4.39 Å². The van der Waals surface area contributed by atoms with Crippen LogP contribution in [0.5, 0.6) is 5.75 Å². The van der Waals surface area contributed by atoms with Crippen LogP contribution in [0, 0.1) is 12.7 Å². The zero-order valence-electron chi connectivity index (χ0n) is 10.2. The van der Waals surface area contributed by atoms with Crippen LogP contribution in [-0.2, 0) is 6.42 Å². The molecule has 1 aromatic rings. The van der Waals surface area contributed by atoms with Crippen LogP contribution in [0.25, 0.3) is 0 Å². The van der Waals surface area contributed by atoms with E-state index in [-0.39, 0.29) is 5.75 Å². The number of phenolic OH excluding ortho intramolecular Hbond substituents is 1. The third kappa shape index (κ3) is 2.96. The minimum absolute atomic E-state index is 0.180. The molecule has 4 heteroatoms. The fraction of sp³-hybridized carbons (Fsp3) is 0.538. The Morgan fingerprint density at radius 2 is 2.06 bits per heavy atom. The predicted molar refractivity (Wildman–Crippen MR) is 65.8 cm³/mol. The monoisotopic (exact) mass is 238 g/mol. The van der Waals surface area contributed by atoms with Crippen LogP contribution in [0.4, 0.5) is 4.39 Å². The summed E-state index contributed by atoms with van der Waals surface area (Å²) in [5, 5.41) is 13.0. The standard InChI is InChI=1S/C13H19FN2O/c1-10-2-3-11(13(17)12(10)14)4-7-16-8-5-15-6-9-16/h2-3,15,17H,4-9H2,1H3. The van der Waals surface area contributed by atoms with Crippen molar-refractivity contribution in [1.82, 2.24) is 10.2 Å². The highest BCUT2D eigenvalue weighted by Gasteiger charge is 2.13. The van der Waals surface area contributed by atoms with Gasteiger partial charge in [0.25, 0.3) is 0 Å². The van der Waals surface area contributed by atoms with Crippen molar-refractivity contribution >= 4 is 0 Å². The quantitative estimate of drug-likeness (QED) is 0.833. The Kier molecular flexibility index (Phi) is 3.97. The number of aromatic hydroxyl groups is 1. The number of piperazine rings is 1. The molecule has 1 aromatic carbocycles. The molecule has 0 amide bonds. The summed E-state index contributed by atoms with van der Waals surface area (Å²) in [6.07, 6.45) is 0.697. The van der Waals surface area contributed by atoms with Crippen molar-refractivity contribution in [3.8, 4) is 5.75 Å². The highest BCUT2D eigenvalue weighted by Crippen LogP contribution is 2.24. The second-order valence-electron chi connectivity index (χ2n) is 4.55. The molecule has 94 valence electrons. The Morgan fingerprint density at radius 1 is 1.35 bits per heavy atom. The van der Waals surface area contributed by atoms with E-state index in [1.165, 1.54) is 0 Å². The van der Waals surface area contributed by atoms with Gasteiger partial charge in [0.15, 0.2) is 11.6 Å².